The Bertz CT molecular complexity index is 770. The molecular formula is C17H13ClIN. The smallest absolute Gasteiger partial charge is 0.0562 e. The molecule has 0 radical (unpaired) electrons. The lowest BCUT2D eigenvalue weighted by Crippen LogP contribution is -2.13. The van der Waals surface area contributed by atoms with Crippen LogP contribution in [0, 0.1) is 3.57 Å². The first-order chi connectivity index (χ1) is 9.65. The Morgan fingerprint density at radius 1 is 0.900 bits per heavy atom. The predicted molar refractivity (Wildman–Crippen MR) is 94.1 cm³/mol. The van der Waals surface area contributed by atoms with E-state index in [1.807, 2.05) is 30.3 Å². The molecular weight excluding hydrogens is 381 g/mol. The van der Waals surface area contributed by atoms with Gasteiger partial charge in [-0.3, -0.25) is 0 Å². The van der Waals surface area contributed by atoms with Crippen LogP contribution in [0.4, 0.5) is 0 Å². The summed E-state index contributed by atoms with van der Waals surface area (Å²) in [4.78, 5) is 0. The maximum absolute atomic E-state index is 6.41. The number of hydrogen-bond acceptors (Lipinski definition) is 1. The molecule has 100 valence electrons. The van der Waals surface area contributed by atoms with Crippen LogP contribution in [0.25, 0.3) is 10.8 Å². The first-order valence-electron chi connectivity index (χ1n) is 6.34. The Labute approximate surface area is 136 Å². The molecule has 0 fully saturated rings. The van der Waals surface area contributed by atoms with Gasteiger partial charge in [0.1, 0.15) is 0 Å². The van der Waals surface area contributed by atoms with E-state index in [4.69, 9.17) is 17.3 Å². The van der Waals surface area contributed by atoms with Crippen LogP contribution in [0.5, 0.6) is 0 Å². The van der Waals surface area contributed by atoms with Crippen molar-refractivity contribution in [3.63, 3.8) is 0 Å². The van der Waals surface area contributed by atoms with Crippen LogP contribution in [0.3, 0.4) is 0 Å². The Morgan fingerprint density at radius 2 is 1.65 bits per heavy atom. The lowest BCUT2D eigenvalue weighted by molar-refractivity contribution is 0.867. The summed E-state index contributed by atoms with van der Waals surface area (Å²) in [6.07, 6.45) is 0. The van der Waals surface area contributed by atoms with Gasteiger partial charge in [0.05, 0.1) is 6.04 Å². The Morgan fingerprint density at radius 3 is 2.45 bits per heavy atom. The van der Waals surface area contributed by atoms with E-state index in [9.17, 15) is 0 Å². The average Bonchev–Trinajstić information content (AvgIpc) is 2.48. The van der Waals surface area contributed by atoms with Gasteiger partial charge >= 0.3 is 0 Å². The molecule has 0 saturated heterocycles. The third-order valence-electron chi connectivity index (χ3n) is 3.43. The molecule has 2 N–H and O–H groups in total. The Kier molecular flexibility index (Phi) is 3.96. The van der Waals surface area contributed by atoms with Crippen LogP contribution >= 0.6 is 34.2 Å². The Hall–Kier alpha value is -1.10. The highest BCUT2D eigenvalue weighted by atomic mass is 127. The van der Waals surface area contributed by atoms with E-state index in [1.54, 1.807) is 0 Å². The number of fused-ring (bicyclic) bond motifs is 1. The highest BCUT2D eigenvalue weighted by Gasteiger charge is 2.13. The highest BCUT2D eigenvalue weighted by Crippen LogP contribution is 2.28. The van der Waals surface area contributed by atoms with E-state index in [0.29, 0.717) is 0 Å². The van der Waals surface area contributed by atoms with Crippen LogP contribution in [-0.2, 0) is 0 Å². The van der Waals surface area contributed by atoms with E-state index in [0.717, 1.165) is 19.7 Å². The summed E-state index contributed by atoms with van der Waals surface area (Å²) in [5, 5.41) is 3.15. The molecule has 0 aromatic heterocycles. The van der Waals surface area contributed by atoms with Crippen LogP contribution < -0.4 is 5.73 Å². The lowest BCUT2D eigenvalue weighted by Gasteiger charge is -2.15. The Balaban J connectivity index is 2.07. The molecule has 3 aromatic carbocycles. The molecule has 1 atom stereocenters. The normalized spacial score (nSPS) is 12.6. The van der Waals surface area contributed by atoms with Gasteiger partial charge in [0, 0.05) is 8.59 Å². The van der Waals surface area contributed by atoms with Crippen molar-refractivity contribution in [2.45, 2.75) is 6.04 Å². The first-order valence-corrected chi connectivity index (χ1v) is 7.80. The molecule has 0 amide bonds. The zero-order valence-corrected chi connectivity index (χ0v) is 13.6. The van der Waals surface area contributed by atoms with Gasteiger partial charge in [0.25, 0.3) is 0 Å². The minimum absolute atomic E-state index is 0.162. The fourth-order valence-electron chi connectivity index (χ4n) is 2.33. The number of nitrogens with two attached hydrogens (primary N) is 1. The van der Waals surface area contributed by atoms with Crippen LogP contribution in [0.15, 0.2) is 60.7 Å². The summed E-state index contributed by atoms with van der Waals surface area (Å²) in [6.45, 7) is 0. The largest absolute Gasteiger partial charge is 0.320 e. The topological polar surface area (TPSA) is 26.0 Å². The maximum Gasteiger partial charge on any atom is 0.0562 e. The van der Waals surface area contributed by atoms with Gasteiger partial charge < -0.3 is 5.73 Å². The molecule has 0 saturated carbocycles. The minimum atomic E-state index is -0.162. The number of hydrogen-bond donors (Lipinski definition) is 1. The standard InChI is InChI=1S/C17H13ClIN/c18-14-7-8-16(19)15(10-14)17(20)13-6-5-11-3-1-2-4-12(11)9-13/h1-10,17H,20H2. The predicted octanol–water partition coefficient (Wildman–Crippen LogP) is 5.15. The van der Waals surface area contributed by atoms with Gasteiger partial charge in [-0.1, -0.05) is 48.0 Å². The molecule has 1 unspecified atom stereocenters. The number of halogens is 2. The monoisotopic (exact) mass is 393 g/mol. The minimum Gasteiger partial charge on any atom is -0.320 e. The fraction of sp³-hybridized carbons (Fsp3) is 0.0588. The van der Waals surface area contributed by atoms with E-state index in [1.165, 1.54) is 10.8 Å². The zero-order chi connectivity index (χ0) is 14.1. The van der Waals surface area contributed by atoms with E-state index >= 15 is 0 Å². The van der Waals surface area contributed by atoms with Gasteiger partial charge in [0.2, 0.25) is 0 Å². The van der Waals surface area contributed by atoms with Gasteiger partial charge in [-0.25, -0.2) is 0 Å². The number of rotatable bonds is 2. The second-order valence-electron chi connectivity index (χ2n) is 4.75. The maximum atomic E-state index is 6.41. The van der Waals surface area contributed by atoms with Crippen molar-refractivity contribution in [2.24, 2.45) is 5.73 Å². The second kappa shape index (κ2) is 5.72. The summed E-state index contributed by atoms with van der Waals surface area (Å²) in [7, 11) is 0. The molecule has 0 bridgehead atoms. The van der Waals surface area contributed by atoms with Gasteiger partial charge in [-0.15, -0.1) is 0 Å². The molecule has 3 rings (SSSR count). The van der Waals surface area contributed by atoms with Gasteiger partial charge in [-0.05, 0) is 68.8 Å². The van der Waals surface area contributed by atoms with Gasteiger partial charge in [0.15, 0.2) is 0 Å². The van der Waals surface area contributed by atoms with Crippen molar-refractivity contribution in [1.29, 1.82) is 0 Å². The molecule has 3 aromatic rings. The quantitative estimate of drug-likeness (QED) is 0.599. The lowest BCUT2D eigenvalue weighted by atomic mass is 9.97. The average molecular weight is 394 g/mol. The van der Waals surface area contributed by atoms with Crippen molar-refractivity contribution in [2.75, 3.05) is 0 Å². The summed E-state index contributed by atoms with van der Waals surface area (Å²) in [5.74, 6) is 0. The van der Waals surface area contributed by atoms with Gasteiger partial charge in [-0.2, -0.15) is 0 Å². The summed E-state index contributed by atoms with van der Waals surface area (Å²) >= 11 is 8.38. The highest BCUT2D eigenvalue weighted by molar-refractivity contribution is 14.1. The summed E-state index contributed by atoms with van der Waals surface area (Å²) < 4.78 is 1.13. The zero-order valence-electron chi connectivity index (χ0n) is 10.7. The molecule has 0 aliphatic heterocycles. The third kappa shape index (κ3) is 2.68. The second-order valence-corrected chi connectivity index (χ2v) is 6.35. The van der Waals surface area contributed by atoms with Crippen molar-refractivity contribution in [3.05, 3.63) is 80.4 Å². The van der Waals surface area contributed by atoms with E-state index < -0.39 is 0 Å². The van der Waals surface area contributed by atoms with Crippen LogP contribution in [0.1, 0.15) is 17.2 Å². The molecule has 0 aliphatic carbocycles. The van der Waals surface area contributed by atoms with Crippen molar-refractivity contribution >= 4 is 45.0 Å². The van der Waals surface area contributed by atoms with Crippen molar-refractivity contribution in [1.82, 2.24) is 0 Å². The molecule has 20 heavy (non-hydrogen) atoms. The number of benzene rings is 3. The molecule has 0 aliphatic rings. The molecule has 1 nitrogen and oxygen atoms in total. The van der Waals surface area contributed by atoms with Crippen LogP contribution in [0.2, 0.25) is 5.02 Å². The van der Waals surface area contributed by atoms with E-state index in [2.05, 4.69) is 52.9 Å². The molecule has 0 heterocycles. The van der Waals surface area contributed by atoms with Crippen molar-refractivity contribution < 1.29 is 0 Å². The third-order valence-corrected chi connectivity index (χ3v) is 4.64. The SMILES string of the molecule is NC(c1ccc2ccccc2c1)c1cc(Cl)ccc1I. The summed E-state index contributed by atoms with van der Waals surface area (Å²) in [5.41, 5.74) is 8.58. The van der Waals surface area contributed by atoms with Crippen LogP contribution in [-0.4, -0.2) is 0 Å². The summed E-state index contributed by atoms with van der Waals surface area (Å²) in [6, 6.07) is 20.3. The molecule has 3 heteroatoms. The van der Waals surface area contributed by atoms with Crippen molar-refractivity contribution in [3.8, 4) is 0 Å². The van der Waals surface area contributed by atoms with E-state index in [-0.39, 0.29) is 6.04 Å². The first kappa shape index (κ1) is 13.9. The molecule has 0 spiro atoms. The fourth-order valence-corrected chi connectivity index (χ4v) is 3.19.